The van der Waals surface area contributed by atoms with Crippen molar-refractivity contribution < 1.29 is 5.11 Å². The highest BCUT2D eigenvalue weighted by Gasteiger charge is 2.17. The third-order valence-electron chi connectivity index (χ3n) is 2.71. The van der Waals surface area contributed by atoms with Gasteiger partial charge in [-0.2, -0.15) is 0 Å². The Morgan fingerprint density at radius 3 is 2.47 bits per heavy atom. The fourth-order valence-electron chi connectivity index (χ4n) is 1.61. The fraction of sp³-hybridized carbons (Fsp3) is 0.231. The van der Waals surface area contributed by atoms with Crippen LogP contribution in [-0.4, -0.2) is 5.11 Å². The lowest BCUT2D eigenvalue weighted by atomic mass is 10.1. The van der Waals surface area contributed by atoms with E-state index in [0.717, 1.165) is 4.88 Å². The van der Waals surface area contributed by atoms with Crippen LogP contribution in [0.2, 0.25) is 10.0 Å². The molecule has 1 heterocycles. The lowest BCUT2D eigenvalue weighted by Gasteiger charge is -2.11. The van der Waals surface area contributed by atoms with Gasteiger partial charge in [0.05, 0.1) is 0 Å². The Bertz CT molecular complexity index is 529. The molecule has 0 aliphatic carbocycles. The molecule has 4 heteroatoms. The van der Waals surface area contributed by atoms with E-state index in [0.29, 0.717) is 15.6 Å². The summed E-state index contributed by atoms with van der Waals surface area (Å²) in [4.78, 5) is 2.10. The summed E-state index contributed by atoms with van der Waals surface area (Å²) in [5.41, 5.74) is 1.84. The second kappa shape index (κ2) is 4.99. The minimum absolute atomic E-state index is 0.533. The summed E-state index contributed by atoms with van der Waals surface area (Å²) in [6.45, 7) is 4.07. The molecule has 1 N–H and O–H groups in total. The Hall–Kier alpha value is -0.540. The van der Waals surface area contributed by atoms with Gasteiger partial charge in [0.25, 0.3) is 0 Å². The number of halogens is 2. The predicted molar refractivity (Wildman–Crippen MR) is 74.3 cm³/mol. The maximum atomic E-state index is 10.3. The van der Waals surface area contributed by atoms with Crippen molar-refractivity contribution in [1.82, 2.24) is 0 Å². The Labute approximate surface area is 115 Å². The number of aliphatic hydroxyl groups excluding tert-OH is 1. The van der Waals surface area contributed by atoms with Crippen molar-refractivity contribution in [3.8, 4) is 0 Å². The molecule has 90 valence electrons. The number of rotatable bonds is 2. The van der Waals surface area contributed by atoms with E-state index < -0.39 is 6.10 Å². The third kappa shape index (κ3) is 2.66. The van der Waals surface area contributed by atoms with Crippen molar-refractivity contribution in [3.63, 3.8) is 0 Å². The molecular formula is C13H12Cl2OS. The van der Waals surface area contributed by atoms with Crippen molar-refractivity contribution in [2.75, 3.05) is 0 Å². The fourth-order valence-corrected chi connectivity index (χ4v) is 3.06. The van der Waals surface area contributed by atoms with Crippen LogP contribution in [0.25, 0.3) is 0 Å². The standard InChI is InChI=1S/C13H12Cl2OS/c1-7-5-12(17-8(7)2)13(16)10-6-9(14)3-4-11(10)15/h3-6,13,16H,1-2H3. The number of aryl methyl sites for hydroxylation is 2. The Balaban J connectivity index is 2.42. The minimum Gasteiger partial charge on any atom is -0.383 e. The molecule has 0 spiro atoms. The molecule has 0 aliphatic heterocycles. The Morgan fingerprint density at radius 2 is 1.88 bits per heavy atom. The zero-order chi connectivity index (χ0) is 12.6. The van der Waals surface area contributed by atoms with Gasteiger partial charge in [0.15, 0.2) is 0 Å². The largest absolute Gasteiger partial charge is 0.383 e. The average Bonchev–Trinajstić information content (AvgIpc) is 2.62. The molecule has 0 saturated heterocycles. The topological polar surface area (TPSA) is 20.2 Å². The second-order valence-electron chi connectivity index (χ2n) is 3.96. The van der Waals surface area contributed by atoms with E-state index in [1.165, 1.54) is 10.4 Å². The molecule has 1 aromatic heterocycles. The highest BCUT2D eigenvalue weighted by molar-refractivity contribution is 7.12. The molecule has 1 unspecified atom stereocenters. The van der Waals surface area contributed by atoms with Crippen molar-refractivity contribution in [2.45, 2.75) is 20.0 Å². The number of hydrogen-bond acceptors (Lipinski definition) is 2. The van der Waals surface area contributed by atoms with Gasteiger partial charge in [0, 0.05) is 25.4 Å². The lowest BCUT2D eigenvalue weighted by Crippen LogP contribution is -1.98. The van der Waals surface area contributed by atoms with E-state index in [9.17, 15) is 5.11 Å². The molecule has 0 fully saturated rings. The van der Waals surface area contributed by atoms with Gasteiger partial charge in [-0.25, -0.2) is 0 Å². The predicted octanol–water partition coefficient (Wildman–Crippen LogP) is 4.75. The van der Waals surface area contributed by atoms with Gasteiger partial charge in [-0.05, 0) is 43.7 Å². The third-order valence-corrected chi connectivity index (χ3v) is 4.49. The van der Waals surface area contributed by atoms with Crippen molar-refractivity contribution >= 4 is 34.5 Å². The Kier molecular flexibility index (Phi) is 3.79. The smallest absolute Gasteiger partial charge is 0.115 e. The summed E-state index contributed by atoms with van der Waals surface area (Å²) < 4.78 is 0. The molecule has 0 aliphatic rings. The van der Waals surface area contributed by atoms with Crippen LogP contribution in [0.1, 0.15) is 27.0 Å². The second-order valence-corrected chi connectivity index (χ2v) is 6.09. The van der Waals surface area contributed by atoms with Crippen LogP contribution < -0.4 is 0 Å². The number of thiophene rings is 1. The number of hydrogen-bond donors (Lipinski definition) is 1. The summed E-state index contributed by atoms with van der Waals surface area (Å²) in [7, 11) is 0. The van der Waals surface area contributed by atoms with E-state index in [4.69, 9.17) is 23.2 Å². The highest BCUT2D eigenvalue weighted by Crippen LogP contribution is 2.34. The first kappa shape index (κ1) is 12.9. The molecule has 17 heavy (non-hydrogen) atoms. The molecule has 2 aromatic rings. The van der Waals surface area contributed by atoms with E-state index in [1.54, 1.807) is 29.5 Å². The van der Waals surface area contributed by atoms with Crippen LogP contribution in [0.15, 0.2) is 24.3 Å². The van der Waals surface area contributed by atoms with Gasteiger partial charge in [-0.15, -0.1) is 11.3 Å². The molecule has 1 nitrogen and oxygen atoms in total. The van der Waals surface area contributed by atoms with E-state index >= 15 is 0 Å². The zero-order valence-corrected chi connectivity index (χ0v) is 11.8. The molecule has 0 radical (unpaired) electrons. The minimum atomic E-state index is -0.710. The van der Waals surface area contributed by atoms with Crippen molar-refractivity contribution in [2.24, 2.45) is 0 Å². The summed E-state index contributed by atoms with van der Waals surface area (Å²) in [5.74, 6) is 0. The molecule has 1 aromatic carbocycles. The first-order valence-electron chi connectivity index (χ1n) is 5.19. The number of benzene rings is 1. The van der Waals surface area contributed by atoms with Gasteiger partial charge in [-0.1, -0.05) is 23.2 Å². The van der Waals surface area contributed by atoms with E-state index in [1.807, 2.05) is 19.9 Å². The van der Waals surface area contributed by atoms with Crippen LogP contribution in [-0.2, 0) is 0 Å². The average molecular weight is 287 g/mol. The number of aliphatic hydroxyl groups is 1. The first-order valence-corrected chi connectivity index (χ1v) is 6.76. The van der Waals surface area contributed by atoms with Crippen LogP contribution >= 0.6 is 34.5 Å². The summed E-state index contributed by atoms with van der Waals surface area (Å²) >= 11 is 13.6. The zero-order valence-electron chi connectivity index (χ0n) is 9.50. The lowest BCUT2D eigenvalue weighted by molar-refractivity contribution is 0.224. The monoisotopic (exact) mass is 286 g/mol. The SMILES string of the molecule is Cc1cc(C(O)c2cc(Cl)ccc2Cl)sc1C. The molecule has 0 bridgehead atoms. The summed E-state index contributed by atoms with van der Waals surface area (Å²) in [6.07, 6.45) is -0.710. The first-order chi connectivity index (χ1) is 7.99. The molecular weight excluding hydrogens is 275 g/mol. The van der Waals surface area contributed by atoms with Gasteiger partial charge in [0.1, 0.15) is 6.10 Å². The normalized spacial score (nSPS) is 12.8. The molecule has 1 atom stereocenters. The van der Waals surface area contributed by atoms with Crippen LogP contribution in [0.4, 0.5) is 0 Å². The van der Waals surface area contributed by atoms with Gasteiger partial charge < -0.3 is 5.11 Å². The van der Waals surface area contributed by atoms with Gasteiger partial charge in [-0.3, -0.25) is 0 Å². The van der Waals surface area contributed by atoms with Crippen LogP contribution in [0.5, 0.6) is 0 Å². The molecule has 0 saturated carbocycles. The molecule has 2 rings (SSSR count). The van der Waals surface area contributed by atoms with Crippen molar-refractivity contribution in [3.05, 3.63) is 55.2 Å². The molecule has 0 amide bonds. The van der Waals surface area contributed by atoms with Crippen molar-refractivity contribution in [1.29, 1.82) is 0 Å². The van der Waals surface area contributed by atoms with Gasteiger partial charge in [0.2, 0.25) is 0 Å². The summed E-state index contributed by atoms with van der Waals surface area (Å²) in [6, 6.07) is 7.11. The van der Waals surface area contributed by atoms with E-state index in [2.05, 4.69) is 0 Å². The highest BCUT2D eigenvalue weighted by atomic mass is 35.5. The van der Waals surface area contributed by atoms with E-state index in [-0.39, 0.29) is 0 Å². The van der Waals surface area contributed by atoms with Crippen LogP contribution in [0, 0.1) is 13.8 Å². The maximum Gasteiger partial charge on any atom is 0.115 e. The quantitative estimate of drug-likeness (QED) is 0.844. The Morgan fingerprint density at radius 1 is 1.18 bits per heavy atom. The van der Waals surface area contributed by atoms with Gasteiger partial charge >= 0.3 is 0 Å². The maximum absolute atomic E-state index is 10.3. The summed E-state index contributed by atoms with van der Waals surface area (Å²) in [5, 5.41) is 11.4. The van der Waals surface area contributed by atoms with Crippen LogP contribution in [0.3, 0.4) is 0 Å².